The fraction of sp³-hybridized carbons (Fsp3) is 0.161. The molecule has 4 aromatic carbocycles. The number of halogens is 1. The average Bonchev–Trinajstić information content (AvgIpc) is 3.05. The van der Waals surface area contributed by atoms with Crippen LogP contribution in [-0.4, -0.2) is 36.2 Å². The minimum Gasteiger partial charge on any atom is -0.375 e. The van der Waals surface area contributed by atoms with E-state index in [-0.39, 0.29) is 18.4 Å². The van der Waals surface area contributed by atoms with Crippen LogP contribution in [0, 0.1) is 0 Å². The van der Waals surface area contributed by atoms with E-state index in [1.807, 2.05) is 49.5 Å². The summed E-state index contributed by atoms with van der Waals surface area (Å²) in [6, 6.07) is 29.3. The van der Waals surface area contributed by atoms with Gasteiger partial charge in [0.15, 0.2) is 0 Å². The Morgan fingerprint density at radius 3 is 2.49 bits per heavy atom. The van der Waals surface area contributed by atoms with Crippen LogP contribution in [0.1, 0.15) is 32.7 Å². The molecule has 1 atom stereocenters. The molecule has 5 rings (SSSR count). The Hall–Kier alpha value is -3.94. The second kappa shape index (κ2) is 11.8. The van der Waals surface area contributed by atoms with Crippen LogP contribution in [0.2, 0.25) is 5.02 Å². The molecule has 0 radical (unpaired) electrons. The van der Waals surface area contributed by atoms with E-state index in [1.54, 1.807) is 59.5 Å². The lowest BCUT2D eigenvalue weighted by Crippen LogP contribution is -2.31. The lowest BCUT2D eigenvalue weighted by atomic mass is 10.1. The number of hydrogen-bond acceptors (Lipinski definition) is 4. The van der Waals surface area contributed by atoms with E-state index in [1.165, 1.54) is 0 Å². The molecule has 4 aromatic rings. The molecule has 6 nitrogen and oxygen atoms in total. The Morgan fingerprint density at radius 2 is 1.69 bits per heavy atom. The standard InChI is InChI=1S/C31H28ClN3O3S/c1-34(25-11-3-2-4-12-25)18-8-17-33-30(36)23-15-16-29-27(20-23)35(21-22-9-7-10-24(32)19-22)31(37)26-13-5-6-14-28(26)39(29)38/h2-7,9-16,19-20H,8,17-18,21H2,1H3,(H,33,36)/t39-/m0/s1. The van der Waals surface area contributed by atoms with Gasteiger partial charge in [-0.15, -0.1) is 0 Å². The summed E-state index contributed by atoms with van der Waals surface area (Å²) in [7, 11) is 0.432. The Labute approximate surface area is 235 Å². The number of hydrogen-bond donors (Lipinski definition) is 1. The van der Waals surface area contributed by atoms with Gasteiger partial charge in [0.25, 0.3) is 11.8 Å². The van der Waals surface area contributed by atoms with E-state index >= 15 is 0 Å². The third-order valence-electron chi connectivity index (χ3n) is 6.66. The largest absolute Gasteiger partial charge is 0.375 e. The van der Waals surface area contributed by atoms with Crippen LogP contribution in [0.15, 0.2) is 107 Å². The van der Waals surface area contributed by atoms with Gasteiger partial charge in [0.05, 0.1) is 38.4 Å². The summed E-state index contributed by atoms with van der Waals surface area (Å²) in [5.74, 6) is -0.526. The molecule has 8 heteroatoms. The van der Waals surface area contributed by atoms with Crippen molar-refractivity contribution in [3.05, 3.63) is 119 Å². The summed E-state index contributed by atoms with van der Waals surface area (Å²) >= 11 is 6.21. The summed E-state index contributed by atoms with van der Waals surface area (Å²) in [5, 5.41) is 3.54. The van der Waals surface area contributed by atoms with Crippen molar-refractivity contribution >= 4 is 45.6 Å². The molecule has 1 aliphatic heterocycles. The molecule has 0 fully saturated rings. The molecule has 39 heavy (non-hydrogen) atoms. The highest BCUT2D eigenvalue weighted by Gasteiger charge is 2.31. The van der Waals surface area contributed by atoms with Crippen molar-refractivity contribution in [1.29, 1.82) is 0 Å². The molecule has 1 heterocycles. The quantitative estimate of drug-likeness (QED) is 0.273. The lowest BCUT2D eigenvalue weighted by Gasteiger charge is -2.24. The van der Waals surface area contributed by atoms with Crippen LogP contribution >= 0.6 is 11.6 Å². The average molecular weight is 558 g/mol. The van der Waals surface area contributed by atoms with E-state index in [4.69, 9.17) is 11.6 Å². The molecule has 0 unspecified atom stereocenters. The van der Waals surface area contributed by atoms with Gasteiger partial charge in [0, 0.05) is 36.4 Å². The monoisotopic (exact) mass is 557 g/mol. The maximum absolute atomic E-state index is 13.8. The number of carbonyl (C=O) groups excluding carboxylic acids is 2. The first-order chi connectivity index (χ1) is 18.9. The van der Waals surface area contributed by atoms with Crippen LogP contribution in [0.4, 0.5) is 11.4 Å². The predicted octanol–water partition coefficient (Wildman–Crippen LogP) is 5.92. The predicted molar refractivity (Wildman–Crippen MR) is 156 cm³/mol. The summed E-state index contributed by atoms with van der Waals surface area (Å²) in [6.07, 6.45) is 0.765. The van der Waals surface area contributed by atoms with Gasteiger partial charge in [-0.1, -0.05) is 54.1 Å². The van der Waals surface area contributed by atoms with Gasteiger partial charge in [0.1, 0.15) is 0 Å². The van der Waals surface area contributed by atoms with Crippen molar-refractivity contribution < 1.29 is 13.8 Å². The highest BCUT2D eigenvalue weighted by atomic mass is 35.5. The van der Waals surface area contributed by atoms with Crippen LogP contribution in [0.3, 0.4) is 0 Å². The molecule has 1 N–H and O–H groups in total. The SMILES string of the molecule is CN(CCCNC(=O)c1ccc2c(c1)N(Cc1cccc(Cl)c1)C(=O)c1ccccc1[S@@]2=O)c1ccccc1. The Bertz CT molecular complexity index is 1540. The fourth-order valence-electron chi connectivity index (χ4n) is 4.61. The molecule has 0 bridgehead atoms. The zero-order valence-corrected chi connectivity index (χ0v) is 23.0. The Kier molecular flexibility index (Phi) is 8.10. The van der Waals surface area contributed by atoms with Crippen molar-refractivity contribution in [3.63, 3.8) is 0 Å². The first kappa shape index (κ1) is 26.7. The fourth-order valence-corrected chi connectivity index (χ4v) is 6.17. The topological polar surface area (TPSA) is 69.7 Å². The summed E-state index contributed by atoms with van der Waals surface area (Å²) in [5.41, 5.74) is 3.17. The second-order valence-electron chi connectivity index (χ2n) is 9.34. The number of para-hydroxylation sites is 1. The van der Waals surface area contributed by atoms with E-state index in [0.29, 0.717) is 38.2 Å². The summed E-state index contributed by atoms with van der Waals surface area (Å²) in [6.45, 7) is 1.50. The number of nitrogens with zero attached hydrogens (tertiary/aromatic N) is 2. The maximum atomic E-state index is 13.8. The number of fused-ring (bicyclic) bond motifs is 2. The van der Waals surface area contributed by atoms with Gasteiger partial charge < -0.3 is 15.1 Å². The molecular weight excluding hydrogens is 530 g/mol. The highest BCUT2D eigenvalue weighted by molar-refractivity contribution is 7.85. The van der Waals surface area contributed by atoms with Crippen LogP contribution < -0.4 is 15.1 Å². The number of nitrogens with one attached hydrogen (secondary N) is 1. The van der Waals surface area contributed by atoms with Crippen molar-refractivity contribution in [2.24, 2.45) is 0 Å². The number of carbonyl (C=O) groups is 2. The van der Waals surface area contributed by atoms with Crippen molar-refractivity contribution in [2.45, 2.75) is 22.8 Å². The van der Waals surface area contributed by atoms with Crippen LogP contribution in [0.25, 0.3) is 0 Å². The molecule has 2 amide bonds. The van der Waals surface area contributed by atoms with Crippen molar-refractivity contribution in [2.75, 3.05) is 29.9 Å². The number of rotatable bonds is 8. The molecule has 0 saturated carbocycles. The molecule has 1 aliphatic rings. The highest BCUT2D eigenvalue weighted by Crippen LogP contribution is 2.36. The Morgan fingerprint density at radius 1 is 0.923 bits per heavy atom. The van der Waals surface area contributed by atoms with Crippen molar-refractivity contribution in [3.8, 4) is 0 Å². The molecule has 0 aromatic heterocycles. The first-order valence-corrected chi connectivity index (χ1v) is 14.2. The number of amides is 2. The minimum absolute atomic E-state index is 0.217. The van der Waals surface area contributed by atoms with E-state index in [0.717, 1.165) is 24.2 Å². The van der Waals surface area contributed by atoms with Gasteiger partial charge in [0.2, 0.25) is 0 Å². The number of benzene rings is 4. The first-order valence-electron chi connectivity index (χ1n) is 12.7. The molecule has 198 valence electrons. The van der Waals surface area contributed by atoms with Crippen LogP contribution in [0.5, 0.6) is 0 Å². The zero-order chi connectivity index (χ0) is 27.4. The zero-order valence-electron chi connectivity index (χ0n) is 21.5. The van der Waals surface area contributed by atoms with E-state index in [2.05, 4.69) is 10.2 Å². The summed E-state index contributed by atoms with van der Waals surface area (Å²) in [4.78, 5) is 31.5. The van der Waals surface area contributed by atoms with Gasteiger partial charge in [-0.25, -0.2) is 4.21 Å². The van der Waals surface area contributed by atoms with E-state index < -0.39 is 10.8 Å². The smallest absolute Gasteiger partial charge is 0.259 e. The van der Waals surface area contributed by atoms with Gasteiger partial charge in [-0.2, -0.15) is 0 Å². The van der Waals surface area contributed by atoms with Gasteiger partial charge in [-0.05, 0) is 66.6 Å². The van der Waals surface area contributed by atoms with Gasteiger partial charge in [-0.3, -0.25) is 9.59 Å². The molecule has 0 saturated heterocycles. The maximum Gasteiger partial charge on any atom is 0.259 e. The van der Waals surface area contributed by atoms with Gasteiger partial charge >= 0.3 is 0 Å². The lowest BCUT2D eigenvalue weighted by molar-refractivity contribution is 0.0949. The third kappa shape index (κ3) is 5.90. The Balaban J connectivity index is 1.38. The van der Waals surface area contributed by atoms with E-state index in [9.17, 15) is 13.8 Å². The number of anilines is 2. The molecule has 0 spiro atoms. The normalized spacial score (nSPS) is 14.3. The third-order valence-corrected chi connectivity index (χ3v) is 8.39. The second-order valence-corrected chi connectivity index (χ2v) is 11.2. The molecule has 0 aliphatic carbocycles. The molecular formula is C31H28ClN3O3S. The van der Waals surface area contributed by atoms with Crippen LogP contribution in [-0.2, 0) is 17.3 Å². The van der Waals surface area contributed by atoms with Crippen molar-refractivity contribution in [1.82, 2.24) is 5.32 Å². The minimum atomic E-state index is -1.59. The summed E-state index contributed by atoms with van der Waals surface area (Å²) < 4.78 is 13.6.